The van der Waals surface area contributed by atoms with E-state index in [1.807, 2.05) is 4.90 Å². The SMILES string of the molecule is CC(CN1CCCC1)CN1CNC2(CC2)C1=O. The molecule has 1 saturated carbocycles. The molecule has 4 heteroatoms. The van der Waals surface area contributed by atoms with Gasteiger partial charge in [0.25, 0.3) is 0 Å². The number of nitrogens with one attached hydrogen (secondary N) is 1. The van der Waals surface area contributed by atoms with E-state index < -0.39 is 0 Å². The van der Waals surface area contributed by atoms with Crippen LogP contribution in [0.1, 0.15) is 32.6 Å². The number of nitrogens with zero attached hydrogens (tertiary/aromatic N) is 2. The zero-order valence-corrected chi connectivity index (χ0v) is 10.7. The second kappa shape index (κ2) is 4.25. The topological polar surface area (TPSA) is 35.6 Å². The van der Waals surface area contributed by atoms with Gasteiger partial charge in [-0.15, -0.1) is 0 Å². The quantitative estimate of drug-likeness (QED) is 0.779. The van der Waals surface area contributed by atoms with E-state index in [2.05, 4.69) is 17.1 Å². The fourth-order valence-electron chi connectivity index (χ4n) is 3.20. The number of carbonyl (C=O) groups is 1. The zero-order chi connectivity index (χ0) is 11.9. The smallest absolute Gasteiger partial charge is 0.243 e. The van der Waals surface area contributed by atoms with Gasteiger partial charge in [-0.3, -0.25) is 10.1 Å². The summed E-state index contributed by atoms with van der Waals surface area (Å²) in [4.78, 5) is 16.7. The summed E-state index contributed by atoms with van der Waals surface area (Å²) < 4.78 is 0. The highest BCUT2D eigenvalue weighted by atomic mass is 16.2. The molecule has 1 N–H and O–H groups in total. The molecule has 3 fully saturated rings. The third-order valence-corrected chi connectivity index (χ3v) is 4.36. The highest BCUT2D eigenvalue weighted by Gasteiger charge is 2.55. The Labute approximate surface area is 103 Å². The van der Waals surface area contributed by atoms with Crippen LogP contribution in [0.3, 0.4) is 0 Å². The monoisotopic (exact) mass is 237 g/mol. The van der Waals surface area contributed by atoms with Crippen molar-refractivity contribution in [3.8, 4) is 0 Å². The Morgan fingerprint density at radius 2 is 2.00 bits per heavy atom. The van der Waals surface area contributed by atoms with E-state index in [-0.39, 0.29) is 5.54 Å². The second-order valence-electron chi connectivity index (χ2n) is 6.06. The first kappa shape index (κ1) is 11.5. The van der Waals surface area contributed by atoms with Crippen molar-refractivity contribution in [3.05, 3.63) is 0 Å². The number of rotatable bonds is 4. The number of likely N-dealkylation sites (tertiary alicyclic amines) is 1. The molecule has 0 aromatic carbocycles. The van der Waals surface area contributed by atoms with Gasteiger partial charge in [0.2, 0.25) is 5.91 Å². The lowest BCUT2D eigenvalue weighted by atomic mass is 10.1. The molecule has 96 valence electrons. The molecule has 0 aromatic heterocycles. The Kier molecular flexibility index (Phi) is 2.87. The molecule has 0 bridgehead atoms. The Morgan fingerprint density at radius 3 is 2.59 bits per heavy atom. The summed E-state index contributed by atoms with van der Waals surface area (Å²) in [7, 11) is 0. The zero-order valence-electron chi connectivity index (χ0n) is 10.7. The Hall–Kier alpha value is -0.610. The maximum absolute atomic E-state index is 12.1. The number of hydrogen-bond acceptors (Lipinski definition) is 3. The lowest BCUT2D eigenvalue weighted by molar-refractivity contribution is -0.130. The molecule has 3 rings (SSSR count). The molecular formula is C13H23N3O. The average molecular weight is 237 g/mol. The van der Waals surface area contributed by atoms with Crippen molar-refractivity contribution in [1.29, 1.82) is 0 Å². The van der Waals surface area contributed by atoms with Crippen LogP contribution >= 0.6 is 0 Å². The summed E-state index contributed by atoms with van der Waals surface area (Å²) in [5.74, 6) is 0.943. The summed E-state index contributed by atoms with van der Waals surface area (Å²) in [5.41, 5.74) is -0.118. The van der Waals surface area contributed by atoms with Gasteiger partial charge in [0.05, 0.1) is 12.2 Å². The molecule has 1 unspecified atom stereocenters. The summed E-state index contributed by atoms with van der Waals surface area (Å²) in [6.07, 6.45) is 4.78. The van der Waals surface area contributed by atoms with Crippen LogP contribution in [0.15, 0.2) is 0 Å². The number of hydrogen-bond donors (Lipinski definition) is 1. The van der Waals surface area contributed by atoms with Crippen molar-refractivity contribution in [2.24, 2.45) is 5.92 Å². The van der Waals surface area contributed by atoms with Crippen LogP contribution < -0.4 is 5.32 Å². The van der Waals surface area contributed by atoms with Crippen LogP contribution in [0.5, 0.6) is 0 Å². The maximum Gasteiger partial charge on any atom is 0.243 e. The van der Waals surface area contributed by atoms with Crippen molar-refractivity contribution in [2.45, 2.75) is 38.1 Å². The van der Waals surface area contributed by atoms with Crippen LogP contribution in [0.4, 0.5) is 0 Å². The van der Waals surface area contributed by atoms with Gasteiger partial charge in [-0.05, 0) is 44.7 Å². The molecule has 0 radical (unpaired) electrons. The first-order chi connectivity index (χ1) is 8.20. The Bertz CT molecular complexity index is 308. The van der Waals surface area contributed by atoms with Gasteiger partial charge in [-0.1, -0.05) is 6.92 Å². The minimum Gasteiger partial charge on any atom is -0.328 e. The van der Waals surface area contributed by atoms with E-state index >= 15 is 0 Å². The Balaban J connectivity index is 1.48. The predicted molar refractivity (Wildman–Crippen MR) is 66.5 cm³/mol. The Morgan fingerprint density at radius 1 is 1.29 bits per heavy atom. The largest absolute Gasteiger partial charge is 0.328 e. The minimum atomic E-state index is -0.118. The first-order valence-corrected chi connectivity index (χ1v) is 6.96. The third kappa shape index (κ3) is 2.20. The van der Waals surface area contributed by atoms with Crippen molar-refractivity contribution in [1.82, 2.24) is 15.1 Å². The van der Waals surface area contributed by atoms with Crippen molar-refractivity contribution in [2.75, 3.05) is 32.8 Å². The molecule has 4 nitrogen and oxygen atoms in total. The molecule has 1 atom stereocenters. The van der Waals surface area contributed by atoms with Crippen molar-refractivity contribution < 1.29 is 4.79 Å². The lowest BCUT2D eigenvalue weighted by Crippen LogP contribution is -2.37. The molecule has 1 amide bonds. The maximum atomic E-state index is 12.1. The summed E-state index contributed by atoms with van der Waals surface area (Å²) in [6.45, 7) is 7.61. The van der Waals surface area contributed by atoms with Gasteiger partial charge in [0, 0.05) is 13.1 Å². The molecule has 1 spiro atoms. The van der Waals surface area contributed by atoms with Crippen LogP contribution in [-0.4, -0.2) is 54.1 Å². The van der Waals surface area contributed by atoms with Crippen LogP contribution in [-0.2, 0) is 4.79 Å². The molecule has 2 aliphatic heterocycles. The highest BCUT2D eigenvalue weighted by Crippen LogP contribution is 2.40. The molecular weight excluding hydrogens is 214 g/mol. The highest BCUT2D eigenvalue weighted by molar-refractivity contribution is 5.91. The summed E-state index contributed by atoms with van der Waals surface area (Å²) >= 11 is 0. The normalized spacial score (nSPS) is 29.2. The standard InChI is InChI=1S/C13H23N3O/c1-11(8-15-6-2-3-7-15)9-16-10-14-13(4-5-13)12(16)17/h11,14H,2-10H2,1H3. The average Bonchev–Trinajstić information content (AvgIpc) is 2.82. The fourth-order valence-corrected chi connectivity index (χ4v) is 3.20. The molecule has 2 heterocycles. The van der Waals surface area contributed by atoms with E-state index in [0.717, 1.165) is 32.6 Å². The van der Waals surface area contributed by atoms with Crippen LogP contribution in [0.25, 0.3) is 0 Å². The second-order valence-corrected chi connectivity index (χ2v) is 6.06. The van der Waals surface area contributed by atoms with E-state index in [4.69, 9.17) is 0 Å². The van der Waals surface area contributed by atoms with Crippen LogP contribution in [0.2, 0.25) is 0 Å². The third-order valence-electron chi connectivity index (χ3n) is 4.36. The van der Waals surface area contributed by atoms with Gasteiger partial charge in [0.1, 0.15) is 0 Å². The van der Waals surface area contributed by atoms with Crippen molar-refractivity contribution >= 4 is 5.91 Å². The molecule has 0 aromatic rings. The first-order valence-electron chi connectivity index (χ1n) is 6.96. The minimum absolute atomic E-state index is 0.118. The van der Waals surface area contributed by atoms with Gasteiger partial charge >= 0.3 is 0 Å². The fraction of sp³-hybridized carbons (Fsp3) is 0.923. The summed E-state index contributed by atoms with van der Waals surface area (Å²) in [6, 6.07) is 0. The van der Waals surface area contributed by atoms with E-state index in [1.165, 1.54) is 25.9 Å². The number of amides is 1. The van der Waals surface area contributed by atoms with E-state index in [0.29, 0.717) is 11.8 Å². The molecule has 17 heavy (non-hydrogen) atoms. The molecule has 2 saturated heterocycles. The van der Waals surface area contributed by atoms with Gasteiger partial charge in [-0.25, -0.2) is 0 Å². The lowest BCUT2D eigenvalue weighted by Gasteiger charge is -2.24. The predicted octanol–water partition coefficient (Wildman–Crippen LogP) is 0.640. The summed E-state index contributed by atoms with van der Waals surface area (Å²) in [5, 5.41) is 3.37. The van der Waals surface area contributed by atoms with E-state index in [9.17, 15) is 4.79 Å². The van der Waals surface area contributed by atoms with Crippen LogP contribution in [0, 0.1) is 5.92 Å². The molecule has 3 aliphatic rings. The van der Waals surface area contributed by atoms with Gasteiger partial charge < -0.3 is 9.80 Å². The van der Waals surface area contributed by atoms with E-state index in [1.54, 1.807) is 0 Å². The number of carbonyl (C=O) groups excluding carboxylic acids is 1. The molecule has 1 aliphatic carbocycles. The van der Waals surface area contributed by atoms with Crippen molar-refractivity contribution in [3.63, 3.8) is 0 Å². The van der Waals surface area contributed by atoms with Gasteiger partial charge in [-0.2, -0.15) is 0 Å². The van der Waals surface area contributed by atoms with Gasteiger partial charge in [0.15, 0.2) is 0 Å².